The van der Waals surface area contributed by atoms with Crippen molar-refractivity contribution in [2.24, 2.45) is 5.92 Å². The number of nitrogens with one attached hydrogen (secondary N) is 1. The summed E-state index contributed by atoms with van der Waals surface area (Å²) >= 11 is 5.94. The van der Waals surface area contributed by atoms with E-state index in [-0.39, 0.29) is 12.5 Å². The molecule has 4 rings (SSSR count). The molecule has 1 atom stereocenters. The van der Waals surface area contributed by atoms with Crippen LogP contribution in [0.4, 0.5) is 14.5 Å². The van der Waals surface area contributed by atoms with Gasteiger partial charge in [0.2, 0.25) is 5.91 Å². The number of aromatic nitrogens is 3. The Kier molecular flexibility index (Phi) is 5.23. The molecule has 28 heavy (non-hydrogen) atoms. The molecule has 3 heterocycles. The van der Waals surface area contributed by atoms with E-state index in [1.54, 1.807) is 29.6 Å². The van der Waals surface area contributed by atoms with Crippen LogP contribution in [0.1, 0.15) is 32.1 Å². The Balaban J connectivity index is 1.51. The minimum atomic E-state index is -3.13. The zero-order chi connectivity index (χ0) is 19.7. The van der Waals surface area contributed by atoms with Gasteiger partial charge in [0.1, 0.15) is 5.92 Å². The Morgan fingerprint density at radius 2 is 2.00 bits per heavy atom. The van der Waals surface area contributed by atoms with E-state index in [9.17, 15) is 13.6 Å². The van der Waals surface area contributed by atoms with Gasteiger partial charge in [-0.15, -0.1) is 0 Å². The minimum absolute atomic E-state index is 0.0378. The predicted octanol–water partition coefficient (Wildman–Crippen LogP) is 3.44. The molecule has 9 heteroatoms. The van der Waals surface area contributed by atoms with Crippen LogP contribution in [0.5, 0.6) is 0 Å². The molecule has 1 aliphatic carbocycles. The quantitative estimate of drug-likeness (QED) is 0.840. The maximum atomic E-state index is 14.9. The lowest BCUT2D eigenvalue weighted by atomic mass is 9.91. The molecular formula is C19H22ClF2N5O. The highest BCUT2D eigenvalue weighted by molar-refractivity contribution is 6.30. The van der Waals surface area contributed by atoms with Gasteiger partial charge in [-0.05, 0) is 25.3 Å². The van der Waals surface area contributed by atoms with Gasteiger partial charge in [-0.25, -0.2) is 13.5 Å². The standard InChI is InChI=1S/C19H22ClF2N5O/c20-13-9-24-27(11-13)16-5-7-23-10-17(16)26-8-6-15(19(21,22)12-26)18(28)25-14-3-1-2-4-14/h5,7,9-11,14-15H,1-4,6,8,12H2,(H,25,28). The van der Waals surface area contributed by atoms with Crippen LogP contribution in [-0.4, -0.2) is 45.7 Å². The molecule has 0 spiro atoms. The number of hydrogen-bond donors (Lipinski definition) is 1. The average Bonchev–Trinajstić information content (AvgIpc) is 3.32. The average molecular weight is 410 g/mol. The summed E-state index contributed by atoms with van der Waals surface area (Å²) in [4.78, 5) is 18.1. The molecule has 2 aliphatic rings. The molecule has 150 valence electrons. The number of carbonyl (C=O) groups excluding carboxylic acids is 1. The van der Waals surface area contributed by atoms with Crippen molar-refractivity contribution in [1.29, 1.82) is 0 Å². The molecule has 1 N–H and O–H groups in total. The number of carbonyl (C=O) groups is 1. The number of amides is 1. The highest BCUT2D eigenvalue weighted by Gasteiger charge is 2.49. The lowest BCUT2D eigenvalue weighted by Crippen LogP contribution is -2.55. The molecule has 2 aromatic rings. The van der Waals surface area contributed by atoms with Crippen molar-refractivity contribution in [3.05, 3.63) is 35.9 Å². The van der Waals surface area contributed by atoms with E-state index in [1.165, 1.54) is 10.9 Å². The van der Waals surface area contributed by atoms with E-state index in [0.29, 0.717) is 22.9 Å². The van der Waals surface area contributed by atoms with E-state index < -0.39 is 24.3 Å². The Morgan fingerprint density at radius 3 is 2.68 bits per heavy atom. The summed E-state index contributed by atoms with van der Waals surface area (Å²) in [7, 11) is 0. The van der Waals surface area contributed by atoms with E-state index in [2.05, 4.69) is 15.4 Å². The SMILES string of the molecule is O=C(NC1CCCC1)C1CCN(c2cnccc2-n2cc(Cl)cn2)CC1(F)F. The maximum Gasteiger partial charge on any atom is 0.276 e. The molecule has 1 saturated carbocycles. The molecular weight excluding hydrogens is 388 g/mol. The minimum Gasteiger partial charge on any atom is -0.362 e. The smallest absolute Gasteiger partial charge is 0.276 e. The first-order valence-corrected chi connectivity index (χ1v) is 9.89. The third-order valence-corrected chi connectivity index (χ3v) is 5.73. The molecule has 1 saturated heterocycles. The summed E-state index contributed by atoms with van der Waals surface area (Å²) in [5, 5.41) is 7.43. The van der Waals surface area contributed by atoms with Crippen molar-refractivity contribution in [3.8, 4) is 5.69 Å². The van der Waals surface area contributed by atoms with Crippen molar-refractivity contribution < 1.29 is 13.6 Å². The largest absolute Gasteiger partial charge is 0.362 e. The van der Waals surface area contributed by atoms with Crippen LogP contribution < -0.4 is 10.2 Å². The molecule has 2 fully saturated rings. The zero-order valence-corrected chi connectivity index (χ0v) is 16.1. The normalized spacial score (nSPS) is 22.4. The Hall–Kier alpha value is -2.22. The number of hydrogen-bond acceptors (Lipinski definition) is 4. The van der Waals surface area contributed by atoms with E-state index in [0.717, 1.165) is 25.7 Å². The first-order chi connectivity index (χ1) is 13.4. The summed E-state index contributed by atoms with van der Waals surface area (Å²) in [6.07, 6.45) is 10.1. The van der Waals surface area contributed by atoms with Gasteiger partial charge in [0, 0.05) is 25.0 Å². The Labute approximate surface area is 166 Å². The number of rotatable bonds is 4. The van der Waals surface area contributed by atoms with Crippen LogP contribution >= 0.6 is 11.6 Å². The summed E-state index contributed by atoms with van der Waals surface area (Å²) in [6, 6.07) is 1.74. The number of piperidine rings is 1. The third kappa shape index (κ3) is 3.83. The van der Waals surface area contributed by atoms with Gasteiger partial charge >= 0.3 is 0 Å². The lowest BCUT2D eigenvalue weighted by molar-refractivity contribution is -0.141. The van der Waals surface area contributed by atoms with Crippen LogP contribution in [0.3, 0.4) is 0 Å². The molecule has 0 bridgehead atoms. The van der Waals surface area contributed by atoms with Crippen molar-refractivity contribution in [2.75, 3.05) is 18.0 Å². The lowest BCUT2D eigenvalue weighted by Gasteiger charge is -2.39. The van der Waals surface area contributed by atoms with Crippen molar-refractivity contribution in [3.63, 3.8) is 0 Å². The van der Waals surface area contributed by atoms with Gasteiger partial charge in [-0.3, -0.25) is 9.78 Å². The number of anilines is 1. The molecule has 6 nitrogen and oxygen atoms in total. The topological polar surface area (TPSA) is 63.1 Å². The van der Waals surface area contributed by atoms with Crippen LogP contribution in [0.25, 0.3) is 5.69 Å². The highest BCUT2D eigenvalue weighted by Crippen LogP contribution is 2.37. The van der Waals surface area contributed by atoms with Gasteiger partial charge in [0.05, 0.1) is 35.3 Å². The first-order valence-electron chi connectivity index (χ1n) is 9.52. The second kappa shape index (κ2) is 7.66. The molecule has 1 aliphatic heterocycles. The van der Waals surface area contributed by atoms with Gasteiger partial charge in [-0.1, -0.05) is 24.4 Å². The Bertz CT molecular complexity index is 852. The molecule has 0 radical (unpaired) electrons. The molecule has 1 unspecified atom stereocenters. The summed E-state index contributed by atoms with van der Waals surface area (Å²) in [5.74, 6) is -4.96. The fourth-order valence-corrected chi connectivity index (χ4v) is 4.23. The van der Waals surface area contributed by atoms with E-state index in [4.69, 9.17) is 11.6 Å². The highest BCUT2D eigenvalue weighted by atomic mass is 35.5. The van der Waals surface area contributed by atoms with E-state index >= 15 is 0 Å². The maximum absolute atomic E-state index is 14.9. The zero-order valence-electron chi connectivity index (χ0n) is 15.3. The third-order valence-electron chi connectivity index (χ3n) is 5.53. The number of alkyl halides is 2. The number of pyridine rings is 1. The number of halogens is 3. The monoisotopic (exact) mass is 409 g/mol. The molecule has 0 aromatic carbocycles. The van der Waals surface area contributed by atoms with E-state index in [1.807, 2.05) is 0 Å². The predicted molar refractivity (Wildman–Crippen MR) is 102 cm³/mol. The van der Waals surface area contributed by atoms with Crippen LogP contribution in [0, 0.1) is 5.92 Å². The molecule has 2 aromatic heterocycles. The summed E-state index contributed by atoms with van der Waals surface area (Å²) in [6.45, 7) is -0.199. The van der Waals surface area contributed by atoms with Crippen molar-refractivity contribution in [2.45, 2.75) is 44.1 Å². The summed E-state index contributed by atoms with van der Waals surface area (Å²) in [5.41, 5.74) is 1.16. The number of nitrogens with zero attached hydrogens (tertiary/aromatic N) is 4. The van der Waals surface area contributed by atoms with Crippen LogP contribution in [0.15, 0.2) is 30.9 Å². The van der Waals surface area contributed by atoms with Gasteiger partial charge in [0.25, 0.3) is 5.92 Å². The first kappa shape index (κ1) is 19.1. The van der Waals surface area contributed by atoms with Crippen molar-refractivity contribution in [1.82, 2.24) is 20.1 Å². The fraction of sp³-hybridized carbons (Fsp3) is 0.526. The van der Waals surface area contributed by atoms with Gasteiger partial charge < -0.3 is 10.2 Å². The Morgan fingerprint density at radius 1 is 1.21 bits per heavy atom. The van der Waals surface area contributed by atoms with Crippen molar-refractivity contribution >= 4 is 23.2 Å². The summed E-state index contributed by atoms with van der Waals surface area (Å²) < 4.78 is 31.3. The second-order valence-electron chi connectivity index (χ2n) is 7.48. The van der Waals surface area contributed by atoms with Crippen LogP contribution in [-0.2, 0) is 4.79 Å². The molecule has 1 amide bonds. The fourth-order valence-electron chi connectivity index (χ4n) is 4.09. The second-order valence-corrected chi connectivity index (χ2v) is 7.92. The van der Waals surface area contributed by atoms with Gasteiger partial charge in [-0.2, -0.15) is 5.10 Å². The van der Waals surface area contributed by atoms with Crippen LogP contribution in [0.2, 0.25) is 5.02 Å². The van der Waals surface area contributed by atoms with Gasteiger partial charge in [0.15, 0.2) is 0 Å².